The zero-order chi connectivity index (χ0) is 39.0. The van der Waals surface area contributed by atoms with Crippen LogP contribution in [-0.2, 0) is 0 Å². The Morgan fingerprint density at radius 3 is 1.53 bits per heavy atom. The Kier molecular flexibility index (Phi) is 8.92. The van der Waals surface area contributed by atoms with E-state index in [1.54, 1.807) is 0 Å². The fraction of sp³-hybridized carbons (Fsp3) is 0.0370. The summed E-state index contributed by atoms with van der Waals surface area (Å²) >= 11 is 0. The molecular weight excluding hydrogens is 705 g/mol. The Bertz CT molecular complexity index is 2950. The Balaban J connectivity index is 1.03. The van der Waals surface area contributed by atoms with Crippen LogP contribution in [0, 0.1) is 13.8 Å². The first-order valence-corrected chi connectivity index (χ1v) is 19.7. The van der Waals surface area contributed by atoms with Crippen molar-refractivity contribution in [1.29, 1.82) is 0 Å². The van der Waals surface area contributed by atoms with E-state index in [4.69, 9.17) is 9.97 Å². The lowest BCUT2D eigenvalue weighted by molar-refractivity contribution is 1.14. The maximum atomic E-state index is 5.05. The molecule has 4 nitrogen and oxygen atoms in total. The highest BCUT2D eigenvalue weighted by atomic mass is 15.1. The van der Waals surface area contributed by atoms with Crippen molar-refractivity contribution >= 4 is 38.9 Å². The van der Waals surface area contributed by atoms with Crippen molar-refractivity contribution in [2.75, 3.05) is 4.90 Å². The third-order valence-corrected chi connectivity index (χ3v) is 11.0. The van der Waals surface area contributed by atoms with Crippen molar-refractivity contribution in [2.45, 2.75) is 13.8 Å². The molecule has 0 N–H and O–H groups in total. The molecule has 0 saturated carbocycles. The number of hydrogen-bond acceptors (Lipinski definition) is 3. The van der Waals surface area contributed by atoms with E-state index >= 15 is 0 Å². The highest BCUT2D eigenvalue weighted by Crippen LogP contribution is 2.41. The van der Waals surface area contributed by atoms with Crippen molar-refractivity contribution in [3.8, 4) is 50.7 Å². The van der Waals surface area contributed by atoms with Gasteiger partial charge in [-0.25, -0.2) is 9.97 Å². The molecule has 0 aliphatic rings. The van der Waals surface area contributed by atoms with E-state index in [1.807, 2.05) is 36.4 Å². The van der Waals surface area contributed by atoms with Gasteiger partial charge in [-0.1, -0.05) is 140 Å². The van der Waals surface area contributed by atoms with Gasteiger partial charge in [0.25, 0.3) is 0 Å². The number of para-hydroxylation sites is 3. The van der Waals surface area contributed by atoms with Gasteiger partial charge in [-0.3, -0.25) is 0 Å². The summed E-state index contributed by atoms with van der Waals surface area (Å²) in [5.74, 6) is 0.717. The first kappa shape index (κ1) is 34.9. The third-order valence-electron chi connectivity index (χ3n) is 11.0. The minimum Gasteiger partial charge on any atom is -0.310 e. The first-order chi connectivity index (χ1) is 28.6. The maximum absolute atomic E-state index is 5.05. The SMILES string of the molecule is Cc1cc(-n2c3ccccc3c3cc(N(c4ccccc4)c4ccccc4)ccc32)c(C)cc1-c1ccc(-c2cc(-c3ccccc3)nc(-c3ccccc3)n2)cc1. The molecule has 0 atom stereocenters. The zero-order valence-electron chi connectivity index (χ0n) is 32.4. The molecule has 10 rings (SSSR count). The Labute approximate surface area is 339 Å². The van der Waals surface area contributed by atoms with Crippen molar-refractivity contribution in [3.63, 3.8) is 0 Å². The predicted octanol–water partition coefficient (Wildman–Crippen LogP) is 14.3. The average Bonchev–Trinajstić information content (AvgIpc) is 3.62. The van der Waals surface area contributed by atoms with Crippen LogP contribution in [0.3, 0.4) is 0 Å². The molecule has 2 heterocycles. The topological polar surface area (TPSA) is 34.0 Å². The summed E-state index contributed by atoms with van der Waals surface area (Å²) in [7, 11) is 0. The van der Waals surface area contributed by atoms with Crippen LogP contribution in [0.5, 0.6) is 0 Å². The zero-order valence-corrected chi connectivity index (χ0v) is 32.4. The molecule has 0 radical (unpaired) electrons. The Hall–Kier alpha value is -7.56. The molecule has 0 unspecified atom stereocenters. The molecule has 0 aliphatic carbocycles. The van der Waals surface area contributed by atoms with E-state index < -0.39 is 0 Å². The molecule has 58 heavy (non-hydrogen) atoms. The second-order valence-electron chi connectivity index (χ2n) is 14.8. The molecule has 0 saturated heterocycles. The summed E-state index contributed by atoms with van der Waals surface area (Å²) in [6.45, 7) is 4.45. The number of rotatable bonds is 8. The van der Waals surface area contributed by atoms with E-state index in [2.05, 4.69) is 193 Å². The lowest BCUT2D eigenvalue weighted by atomic mass is 9.95. The standard InChI is InChI=1S/C54H40N4/c1-37-34-53(58-51-26-16-15-25-46(51)48-35-45(31-32-52(48)58)57(43-21-11-5-12-22-43)44-23-13-6-14-24-44)38(2)33-47(37)39-27-29-41(30-28-39)50-36-49(40-17-7-3-8-18-40)55-54(56-50)42-19-9-4-10-20-42/h3-36H,1-2H3. The van der Waals surface area contributed by atoms with Gasteiger partial charge < -0.3 is 9.47 Å². The van der Waals surface area contributed by atoms with Gasteiger partial charge in [0.1, 0.15) is 0 Å². The van der Waals surface area contributed by atoms with E-state index in [0.29, 0.717) is 5.82 Å². The molecule has 0 amide bonds. The molecule has 0 fully saturated rings. The fourth-order valence-electron chi connectivity index (χ4n) is 8.20. The number of benzene rings is 8. The molecule has 2 aromatic heterocycles. The number of hydrogen-bond donors (Lipinski definition) is 0. The molecule has 0 bridgehead atoms. The molecule has 10 aromatic rings. The molecule has 0 aliphatic heterocycles. The number of nitrogens with zero attached hydrogens (tertiary/aromatic N) is 4. The van der Waals surface area contributed by atoms with Crippen LogP contribution < -0.4 is 4.90 Å². The lowest BCUT2D eigenvalue weighted by Gasteiger charge is -2.25. The molecule has 276 valence electrons. The molecule has 0 spiro atoms. The van der Waals surface area contributed by atoms with Crippen molar-refractivity contribution in [2.24, 2.45) is 0 Å². The quantitative estimate of drug-likeness (QED) is 0.155. The molecule has 4 heteroatoms. The number of fused-ring (bicyclic) bond motifs is 3. The van der Waals surface area contributed by atoms with Crippen molar-refractivity contribution in [3.05, 3.63) is 217 Å². The predicted molar refractivity (Wildman–Crippen MR) is 242 cm³/mol. The summed E-state index contributed by atoms with van der Waals surface area (Å²) in [5.41, 5.74) is 16.6. The first-order valence-electron chi connectivity index (χ1n) is 19.7. The number of aryl methyl sites for hydroxylation is 2. The van der Waals surface area contributed by atoms with Crippen LogP contribution >= 0.6 is 0 Å². The summed E-state index contributed by atoms with van der Waals surface area (Å²) in [6.07, 6.45) is 0. The van der Waals surface area contributed by atoms with E-state index in [1.165, 1.54) is 49.7 Å². The summed E-state index contributed by atoms with van der Waals surface area (Å²) in [5, 5.41) is 2.45. The summed E-state index contributed by atoms with van der Waals surface area (Å²) in [4.78, 5) is 12.4. The van der Waals surface area contributed by atoms with Crippen LogP contribution in [-0.4, -0.2) is 14.5 Å². The normalized spacial score (nSPS) is 11.3. The van der Waals surface area contributed by atoms with Crippen LogP contribution in [0.4, 0.5) is 17.1 Å². The second-order valence-corrected chi connectivity index (χ2v) is 14.8. The van der Waals surface area contributed by atoms with Gasteiger partial charge in [0.15, 0.2) is 5.82 Å². The van der Waals surface area contributed by atoms with Crippen LogP contribution in [0.1, 0.15) is 11.1 Å². The highest BCUT2D eigenvalue weighted by molar-refractivity contribution is 6.11. The van der Waals surface area contributed by atoms with Crippen LogP contribution in [0.15, 0.2) is 206 Å². The highest BCUT2D eigenvalue weighted by Gasteiger charge is 2.19. The Morgan fingerprint density at radius 1 is 0.379 bits per heavy atom. The third kappa shape index (κ3) is 6.41. The smallest absolute Gasteiger partial charge is 0.160 e. The molecule has 8 aromatic carbocycles. The van der Waals surface area contributed by atoms with Gasteiger partial charge in [0.05, 0.1) is 22.4 Å². The van der Waals surface area contributed by atoms with Gasteiger partial charge in [-0.15, -0.1) is 0 Å². The second kappa shape index (κ2) is 14.8. The minimum absolute atomic E-state index is 0.717. The minimum atomic E-state index is 0.717. The van der Waals surface area contributed by atoms with E-state index in [0.717, 1.165) is 45.1 Å². The van der Waals surface area contributed by atoms with Gasteiger partial charge in [-0.2, -0.15) is 0 Å². The van der Waals surface area contributed by atoms with Gasteiger partial charge in [0, 0.05) is 50.2 Å². The number of aromatic nitrogens is 3. The van der Waals surface area contributed by atoms with E-state index in [-0.39, 0.29) is 0 Å². The number of anilines is 3. The van der Waals surface area contributed by atoms with Crippen molar-refractivity contribution < 1.29 is 0 Å². The van der Waals surface area contributed by atoms with E-state index in [9.17, 15) is 0 Å². The fourth-order valence-corrected chi connectivity index (χ4v) is 8.20. The van der Waals surface area contributed by atoms with Gasteiger partial charge >= 0.3 is 0 Å². The average molecular weight is 745 g/mol. The maximum Gasteiger partial charge on any atom is 0.160 e. The largest absolute Gasteiger partial charge is 0.310 e. The van der Waals surface area contributed by atoms with Crippen LogP contribution in [0.2, 0.25) is 0 Å². The van der Waals surface area contributed by atoms with Crippen molar-refractivity contribution in [1.82, 2.24) is 14.5 Å². The van der Waals surface area contributed by atoms with Gasteiger partial charge in [-0.05, 0) is 103 Å². The lowest BCUT2D eigenvalue weighted by Crippen LogP contribution is -2.09. The summed E-state index contributed by atoms with van der Waals surface area (Å²) in [6, 6.07) is 72.9. The van der Waals surface area contributed by atoms with Crippen LogP contribution in [0.25, 0.3) is 72.5 Å². The molecular formula is C54H40N4. The Morgan fingerprint density at radius 2 is 0.897 bits per heavy atom. The summed E-state index contributed by atoms with van der Waals surface area (Å²) < 4.78 is 2.43. The van der Waals surface area contributed by atoms with Gasteiger partial charge in [0.2, 0.25) is 0 Å². The monoisotopic (exact) mass is 744 g/mol.